The summed E-state index contributed by atoms with van der Waals surface area (Å²) in [6, 6.07) is 11.7. The number of amides is 1. The highest BCUT2D eigenvalue weighted by Crippen LogP contribution is 2.47. The fraction of sp³-hybridized carbons (Fsp3) is 0.613. The van der Waals surface area contributed by atoms with Crippen molar-refractivity contribution < 1.29 is 18.4 Å². The smallest absolute Gasteiger partial charge is 0.273 e. The fourth-order valence-electron chi connectivity index (χ4n) is 4.63. The van der Waals surface area contributed by atoms with E-state index >= 15 is 0 Å². The van der Waals surface area contributed by atoms with Gasteiger partial charge in [0.05, 0.1) is 12.6 Å². The molecule has 0 spiro atoms. The van der Waals surface area contributed by atoms with Gasteiger partial charge in [0, 0.05) is 25.3 Å². The Morgan fingerprint density at radius 2 is 1.35 bits per heavy atom. The standard InChI is InChI=1S/C31H49ClN2O4Si2/c1-29(2,3)39(8,9)37-20-18-31(19-21-38-40(10,11)30(4,5)6)25-16-17-26(32)33-27(25)28(35)34(31)22-23-12-14-24(36-7)15-13-23/h12-17H,18-22H2,1-11H3. The van der Waals surface area contributed by atoms with E-state index in [4.69, 9.17) is 25.2 Å². The zero-order valence-electron chi connectivity index (χ0n) is 26.4. The van der Waals surface area contributed by atoms with Crippen LogP contribution in [0, 0.1) is 0 Å². The van der Waals surface area contributed by atoms with Crippen LogP contribution in [0.15, 0.2) is 36.4 Å². The fourth-order valence-corrected chi connectivity index (χ4v) is 6.86. The summed E-state index contributed by atoms with van der Waals surface area (Å²) in [7, 11) is -2.34. The topological polar surface area (TPSA) is 60.9 Å². The molecule has 6 nitrogen and oxygen atoms in total. The molecule has 0 aliphatic carbocycles. The first kappa shape index (κ1) is 32.8. The second kappa shape index (κ2) is 11.9. The molecule has 0 atom stereocenters. The number of carbonyl (C=O) groups is 1. The second-order valence-corrected chi connectivity index (χ2v) is 24.0. The lowest BCUT2D eigenvalue weighted by molar-refractivity contribution is 0.0342. The van der Waals surface area contributed by atoms with Crippen molar-refractivity contribution in [2.45, 2.75) is 103 Å². The molecule has 9 heteroatoms. The van der Waals surface area contributed by atoms with Gasteiger partial charge in [-0.25, -0.2) is 4.98 Å². The van der Waals surface area contributed by atoms with Crippen molar-refractivity contribution in [3.8, 4) is 5.75 Å². The summed E-state index contributed by atoms with van der Waals surface area (Å²) in [4.78, 5) is 20.6. The SMILES string of the molecule is COc1ccc(CN2C(=O)c3nc(Cl)ccc3C2(CCO[Si](C)(C)C(C)(C)C)CCO[Si](C)(C)C(C)(C)C)cc1. The number of nitrogens with zero attached hydrogens (tertiary/aromatic N) is 2. The summed E-state index contributed by atoms with van der Waals surface area (Å²) in [6.45, 7) is 24.1. The van der Waals surface area contributed by atoms with Crippen molar-refractivity contribution in [3.05, 3.63) is 58.4 Å². The van der Waals surface area contributed by atoms with E-state index in [1.807, 2.05) is 35.2 Å². The van der Waals surface area contributed by atoms with E-state index in [0.29, 0.717) is 43.4 Å². The number of rotatable bonds is 11. The Labute approximate surface area is 249 Å². The van der Waals surface area contributed by atoms with Crippen molar-refractivity contribution in [1.29, 1.82) is 0 Å². The van der Waals surface area contributed by atoms with Crippen molar-refractivity contribution in [3.63, 3.8) is 0 Å². The van der Waals surface area contributed by atoms with E-state index in [9.17, 15) is 4.79 Å². The number of ether oxygens (including phenoxy) is 1. The number of benzene rings is 1. The lowest BCUT2D eigenvalue weighted by Crippen LogP contribution is -2.48. The van der Waals surface area contributed by atoms with E-state index in [1.165, 1.54) is 0 Å². The molecule has 0 bridgehead atoms. The number of halogens is 1. The van der Waals surface area contributed by atoms with Crippen LogP contribution < -0.4 is 4.74 Å². The van der Waals surface area contributed by atoms with Gasteiger partial charge in [-0.2, -0.15) is 0 Å². The molecule has 40 heavy (non-hydrogen) atoms. The van der Waals surface area contributed by atoms with Crippen LogP contribution in [0.2, 0.25) is 41.4 Å². The number of aromatic nitrogens is 1. The van der Waals surface area contributed by atoms with Crippen LogP contribution >= 0.6 is 11.6 Å². The Hall–Kier alpha value is -1.72. The molecule has 0 radical (unpaired) electrons. The minimum Gasteiger partial charge on any atom is -0.497 e. The Morgan fingerprint density at radius 3 is 1.80 bits per heavy atom. The van der Waals surface area contributed by atoms with Gasteiger partial charge < -0.3 is 18.5 Å². The molecular formula is C31H49ClN2O4Si2. The number of hydrogen-bond donors (Lipinski definition) is 0. The van der Waals surface area contributed by atoms with Crippen LogP contribution in [0.3, 0.4) is 0 Å². The van der Waals surface area contributed by atoms with Crippen molar-refractivity contribution in [1.82, 2.24) is 9.88 Å². The monoisotopic (exact) mass is 604 g/mol. The quantitative estimate of drug-likeness (QED) is 0.190. The predicted molar refractivity (Wildman–Crippen MR) is 169 cm³/mol. The Balaban J connectivity index is 2.04. The largest absolute Gasteiger partial charge is 0.497 e. The molecule has 0 saturated carbocycles. The van der Waals surface area contributed by atoms with Gasteiger partial charge in [0.1, 0.15) is 16.6 Å². The maximum atomic E-state index is 14.0. The minimum atomic E-state index is -2.00. The van der Waals surface area contributed by atoms with Gasteiger partial charge in [-0.1, -0.05) is 71.3 Å². The molecule has 1 aromatic carbocycles. The van der Waals surface area contributed by atoms with Gasteiger partial charge in [0.25, 0.3) is 5.91 Å². The molecule has 2 aromatic rings. The van der Waals surface area contributed by atoms with Gasteiger partial charge in [0.2, 0.25) is 0 Å². The highest BCUT2D eigenvalue weighted by molar-refractivity contribution is 6.74. The summed E-state index contributed by atoms with van der Waals surface area (Å²) in [5, 5.41) is 0.502. The molecule has 1 amide bonds. The van der Waals surface area contributed by atoms with Gasteiger partial charge in [0.15, 0.2) is 16.6 Å². The summed E-state index contributed by atoms with van der Waals surface area (Å²) >= 11 is 6.32. The van der Waals surface area contributed by atoms with Crippen molar-refractivity contribution in [2.24, 2.45) is 0 Å². The van der Waals surface area contributed by atoms with Gasteiger partial charge in [-0.15, -0.1) is 0 Å². The van der Waals surface area contributed by atoms with Crippen LogP contribution in [0.25, 0.3) is 0 Å². The van der Waals surface area contributed by atoms with E-state index in [1.54, 1.807) is 13.2 Å². The van der Waals surface area contributed by atoms with Gasteiger partial charge >= 0.3 is 0 Å². The lowest BCUT2D eigenvalue weighted by Gasteiger charge is -2.43. The lowest BCUT2D eigenvalue weighted by atomic mass is 9.84. The summed E-state index contributed by atoms with van der Waals surface area (Å²) in [6.07, 6.45) is 1.30. The molecular weight excluding hydrogens is 556 g/mol. The number of pyridine rings is 1. The minimum absolute atomic E-state index is 0.0902. The van der Waals surface area contributed by atoms with Crippen molar-refractivity contribution >= 4 is 34.1 Å². The van der Waals surface area contributed by atoms with Crippen LogP contribution in [-0.2, 0) is 20.9 Å². The van der Waals surface area contributed by atoms with Crippen LogP contribution in [0.5, 0.6) is 5.75 Å². The molecule has 222 valence electrons. The number of methoxy groups -OCH3 is 1. The Bertz CT molecular complexity index is 1160. The van der Waals surface area contributed by atoms with Crippen LogP contribution in [0.1, 0.15) is 76.0 Å². The van der Waals surface area contributed by atoms with E-state index < -0.39 is 22.2 Å². The zero-order valence-corrected chi connectivity index (χ0v) is 29.2. The molecule has 0 fully saturated rings. The van der Waals surface area contributed by atoms with Crippen LogP contribution in [0.4, 0.5) is 0 Å². The highest BCUT2D eigenvalue weighted by atomic mass is 35.5. The third kappa shape index (κ3) is 6.84. The van der Waals surface area contributed by atoms with Crippen LogP contribution in [-0.4, -0.2) is 52.7 Å². The molecule has 1 aliphatic rings. The third-order valence-electron chi connectivity index (χ3n) is 9.40. The zero-order chi connectivity index (χ0) is 30.1. The molecule has 2 heterocycles. The molecule has 1 aromatic heterocycles. The maximum Gasteiger partial charge on any atom is 0.273 e. The summed E-state index contributed by atoms with van der Waals surface area (Å²) in [5.41, 5.74) is 1.73. The van der Waals surface area contributed by atoms with Gasteiger partial charge in [-0.3, -0.25) is 4.79 Å². The average Bonchev–Trinajstić information content (AvgIpc) is 3.05. The summed E-state index contributed by atoms with van der Waals surface area (Å²) < 4.78 is 18.7. The predicted octanol–water partition coefficient (Wildman–Crippen LogP) is 8.42. The Morgan fingerprint density at radius 1 is 0.850 bits per heavy atom. The first-order chi connectivity index (χ1) is 18.3. The number of carbonyl (C=O) groups excluding carboxylic acids is 1. The van der Waals surface area contributed by atoms with E-state index in [0.717, 1.165) is 16.9 Å². The average molecular weight is 605 g/mol. The number of fused-ring (bicyclic) bond motifs is 1. The van der Waals surface area contributed by atoms with E-state index in [-0.39, 0.29) is 16.0 Å². The van der Waals surface area contributed by atoms with Crippen molar-refractivity contribution in [2.75, 3.05) is 20.3 Å². The molecule has 0 saturated heterocycles. The van der Waals surface area contributed by atoms with Gasteiger partial charge in [-0.05, 0) is 72.9 Å². The first-order valence-electron chi connectivity index (χ1n) is 14.2. The normalized spacial score (nSPS) is 15.9. The highest BCUT2D eigenvalue weighted by Gasteiger charge is 2.51. The number of hydrogen-bond acceptors (Lipinski definition) is 5. The summed E-state index contributed by atoms with van der Waals surface area (Å²) in [5.74, 6) is 0.679. The molecule has 3 rings (SSSR count). The van der Waals surface area contributed by atoms with E-state index in [2.05, 4.69) is 72.7 Å². The molecule has 0 unspecified atom stereocenters. The molecule has 1 aliphatic heterocycles. The second-order valence-electron chi connectivity index (χ2n) is 14.0. The maximum absolute atomic E-state index is 14.0. The third-order valence-corrected chi connectivity index (χ3v) is 18.7. The first-order valence-corrected chi connectivity index (χ1v) is 20.4. The molecule has 0 N–H and O–H groups in total. The Kier molecular flexibility index (Phi) is 9.74.